The molecular weight excluding hydrogens is 344 g/mol. The number of imidazole rings is 1. The molecule has 0 bridgehead atoms. The molecule has 146 valence electrons. The van der Waals surface area contributed by atoms with E-state index in [4.69, 9.17) is 0 Å². The van der Waals surface area contributed by atoms with Crippen LogP contribution in [-0.2, 0) is 19.0 Å². The lowest BCUT2D eigenvalue weighted by Gasteiger charge is -2.31. The van der Waals surface area contributed by atoms with E-state index in [0.29, 0.717) is 25.5 Å². The molecule has 2 amide bonds. The van der Waals surface area contributed by atoms with Gasteiger partial charge < -0.3 is 14.8 Å². The zero-order valence-electron chi connectivity index (χ0n) is 16.5. The number of carbonyl (C=O) groups excluding carboxylic acids is 2. The Kier molecular flexibility index (Phi) is 5.34. The average molecular weight is 372 g/mol. The Labute approximate surface area is 159 Å². The van der Waals surface area contributed by atoms with Gasteiger partial charge in [0.15, 0.2) is 5.82 Å². The molecule has 1 fully saturated rings. The van der Waals surface area contributed by atoms with Crippen LogP contribution < -0.4 is 5.32 Å². The van der Waals surface area contributed by atoms with Gasteiger partial charge in [-0.1, -0.05) is 20.8 Å². The van der Waals surface area contributed by atoms with E-state index in [1.807, 2.05) is 13.1 Å². The van der Waals surface area contributed by atoms with Crippen LogP contribution in [0.1, 0.15) is 55.6 Å². The van der Waals surface area contributed by atoms with Crippen molar-refractivity contribution in [3.05, 3.63) is 35.7 Å². The van der Waals surface area contributed by atoms with Crippen LogP contribution in [0.3, 0.4) is 0 Å². The van der Waals surface area contributed by atoms with Gasteiger partial charge in [-0.3, -0.25) is 9.89 Å². The summed E-state index contributed by atoms with van der Waals surface area (Å²) in [4.78, 5) is 31.1. The number of rotatable bonds is 4. The normalized spacial score (nSPS) is 17.8. The van der Waals surface area contributed by atoms with E-state index in [2.05, 4.69) is 41.3 Å². The standard InChI is InChI=1S/C19H28N6O2/c1-19(2,3)15-10-14(22-23-15)11-21-18(27)25-8-5-6-13(12-25)16(26)17-20-7-9-24(17)4/h7,9-10,13H,5-6,8,11-12H2,1-4H3,(H,21,27)(H,22,23)/t13-/m1/s1. The summed E-state index contributed by atoms with van der Waals surface area (Å²) in [6.45, 7) is 7.75. The average Bonchev–Trinajstić information content (AvgIpc) is 3.28. The summed E-state index contributed by atoms with van der Waals surface area (Å²) in [5.41, 5.74) is 1.79. The van der Waals surface area contributed by atoms with E-state index >= 15 is 0 Å². The van der Waals surface area contributed by atoms with Gasteiger partial charge in [-0.15, -0.1) is 0 Å². The fourth-order valence-corrected chi connectivity index (χ4v) is 3.28. The van der Waals surface area contributed by atoms with E-state index in [9.17, 15) is 9.59 Å². The van der Waals surface area contributed by atoms with Crippen LogP contribution in [0.4, 0.5) is 4.79 Å². The van der Waals surface area contributed by atoms with E-state index in [-0.39, 0.29) is 23.1 Å². The molecule has 0 unspecified atom stereocenters. The number of Topliss-reactive ketones (excluding diaryl/α,β-unsaturated/α-hetero) is 1. The Bertz CT molecular complexity index is 816. The van der Waals surface area contributed by atoms with Gasteiger partial charge in [0, 0.05) is 43.9 Å². The molecule has 0 aliphatic carbocycles. The first-order chi connectivity index (χ1) is 12.8. The third kappa shape index (κ3) is 4.37. The smallest absolute Gasteiger partial charge is 0.317 e. The van der Waals surface area contributed by atoms with Gasteiger partial charge in [-0.2, -0.15) is 5.10 Å². The number of H-pyrrole nitrogens is 1. The quantitative estimate of drug-likeness (QED) is 0.805. The Morgan fingerprint density at radius 3 is 2.78 bits per heavy atom. The van der Waals surface area contributed by atoms with Crippen LogP contribution in [0.5, 0.6) is 0 Å². The maximum absolute atomic E-state index is 12.7. The monoisotopic (exact) mass is 372 g/mol. The molecule has 1 aliphatic heterocycles. The van der Waals surface area contributed by atoms with Crippen molar-refractivity contribution in [1.29, 1.82) is 0 Å². The zero-order chi connectivity index (χ0) is 19.6. The minimum absolute atomic E-state index is 0.00314. The van der Waals surface area contributed by atoms with Crippen LogP contribution in [0.15, 0.2) is 18.5 Å². The Morgan fingerprint density at radius 1 is 1.37 bits per heavy atom. The van der Waals surface area contributed by atoms with Gasteiger partial charge >= 0.3 is 6.03 Å². The van der Waals surface area contributed by atoms with Gasteiger partial charge in [0.05, 0.1) is 17.9 Å². The highest BCUT2D eigenvalue weighted by atomic mass is 16.2. The number of aromatic nitrogens is 4. The molecule has 8 nitrogen and oxygen atoms in total. The number of nitrogens with zero attached hydrogens (tertiary/aromatic N) is 4. The van der Waals surface area contributed by atoms with E-state index in [1.54, 1.807) is 21.9 Å². The van der Waals surface area contributed by atoms with Crippen molar-refractivity contribution in [3.8, 4) is 0 Å². The first-order valence-electron chi connectivity index (χ1n) is 9.35. The topological polar surface area (TPSA) is 95.9 Å². The van der Waals surface area contributed by atoms with Crippen molar-refractivity contribution in [2.24, 2.45) is 13.0 Å². The summed E-state index contributed by atoms with van der Waals surface area (Å²) in [6.07, 6.45) is 4.98. The van der Waals surface area contributed by atoms with Crippen molar-refractivity contribution >= 4 is 11.8 Å². The summed E-state index contributed by atoms with van der Waals surface area (Å²) < 4.78 is 1.73. The fourth-order valence-electron chi connectivity index (χ4n) is 3.28. The number of piperidine rings is 1. The third-order valence-electron chi connectivity index (χ3n) is 4.95. The SMILES string of the molecule is Cn1ccnc1C(=O)[C@@H]1CCCN(C(=O)NCc2cc(C(C)(C)C)n[nH]2)C1. The Morgan fingerprint density at radius 2 is 2.15 bits per heavy atom. The molecule has 27 heavy (non-hydrogen) atoms. The summed E-state index contributed by atoms with van der Waals surface area (Å²) in [5, 5.41) is 10.2. The molecule has 1 aliphatic rings. The molecule has 0 radical (unpaired) electrons. The minimum atomic E-state index is -0.203. The Hall–Kier alpha value is -2.64. The van der Waals surface area contributed by atoms with Gasteiger partial charge in [0.2, 0.25) is 5.78 Å². The second-order valence-corrected chi connectivity index (χ2v) is 8.20. The molecule has 2 aromatic heterocycles. The maximum atomic E-state index is 12.7. The van der Waals surface area contributed by atoms with Crippen molar-refractivity contribution in [3.63, 3.8) is 0 Å². The largest absolute Gasteiger partial charge is 0.332 e. The molecule has 2 N–H and O–H groups in total. The highest BCUT2D eigenvalue weighted by molar-refractivity contribution is 5.95. The lowest BCUT2D eigenvalue weighted by Crippen LogP contribution is -2.47. The number of hydrogen-bond donors (Lipinski definition) is 2. The molecule has 1 saturated heterocycles. The number of urea groups is 1. The minimum Gasteiger partial charge on any atom is -0.332 e. The lowest BCUT2D eigenvalue weighted by atomic mass is 9.92. The number of aromatic amines is 1. The van der Waals surface area contributed by atoms with Crippen LogP contribution >= 0.6 is 0 Å². The second kappa shape index (κ2) is 7.54. The molecule has 3 heterocycles. The molecular formula is C19H28N6O2. The Balaban J connectivity index is 1.56. The molecule has 0 saturated carbocycles. The van der Waals surface area contributed by atoms with Gasteiger partial charge in [-0.05, 0) is 18.9 Å². The van der Waals surface area contributed by atoms with Crippen molar-refractivity contribution in [2.45, 2.75) is 45.6 Å². The number of nitrogens with one attached hydrogen (secondary N) is 2. The summed E-state index contributed by atoms with van der Waals surface area (Å²) in [5.74, 6) is 0.253. The molecule has 0 spiro atoms. The molecule has 8 heteroatoms. The van der Waals surface area contributed by atoms with Gasteiger partial charge in [0.1, 0.15) is 0 Å². The van der Waals surface area contributed by atoms with Gasteiger partial charge in [-0.25, -0.2) is 9.78 Å². The second-order valence-electron chi connectivity index (χ2n) is 8.20. The van der Waals surface area contributed by atoms with Gasteiger partial charge in [0.25, 0.3) is 0 Å². The van der Waals surface area contributed by atoms with Crippen LogP contribution in [0, 0.1) is 5.92 Å². The summed E-state index contributed by atoms with van der Waals surface area (Å²) >= 11 is 0. The molecule has 2 aromatic rings. The van der Waals surface area contributed by atoms with E-state index in [0.717, 1.165) is 24.2 Å². The molecule has 3 rings (SSSR count). The lowest BCUT2D eigenvalue weighted by molar-refractivity contribution is 0.0831. The number of hydrogen-bond acceptors (Lipinski definition) is 4. The van der Waals surface area contributed by atoms with Crippen molar-refractivity contribution in [2.75, 3.05) is 13.1 Å². The zero-order valence-corrected chi connectivity index (χ0v) is 16.5. The number of ketones is 1. The first-order valence-corrected chi connectivity index (χ1v) is 9.35. The summed E-state index contributed by atoms with van der Waals surface area (Å²) in [6, 6.07) is 1.82. The van der Waals surface area contributed by atoms with Crippen molar-refractivity contribution in [1.82, 2.24) is 30.0 Å². The number of carbonyl (C=O) groups is 2. The highest BCUT2D eigenvalue weighted by Crippen LogP contribution is 2.21. The van der Waals surface area contributed by atoms with Crippen LogP contribution in [-0.4, -0.2) is 49.6 Å². The predicted molar refractivity (Wildman–Crippen MR) is 101 cm³/mol. The maximum Gasteiger partial charge on any atom is 0.317 e. The number of aryl methyl sites for hydroxylation is 1. The molecule has 1 atom stereocenters. The third-order valence-corrected chi connectivity index (χ3v) is 4.95. The highest BCUT2D eigenvalue weighted by Gasteiger charge is 2.30. The predicted octanol–water partition coefficient (Wildman–Crippen LogP) is 2.25. The van der Waals surface area contributed by atoms with E-state index in [1.165, 1.54) is 0 Å². The van der Waals surface area contributed by atoms with E-state index < -0.39 is 0 Å². The molecule has 0 aromatic carbocycles. The van der Waals surface area contributed by atoms with Crippen LogP contribution in [0.2, 0.25) is 0 Å². The first kappa shape index (κ1) is 19.1. The van der Waals surface area contributed by atoms with Crippen molar-refractivity contribution < 1.29 is 9.59 Å². The summed E-state index contributed by atoms with van der Waals surface area (Å²) in [7, 11) is 1.81. The number of likely N-dealkylation sites (tertiary alicyclic amines) is 1. The van der Waals surface area contributed by atoms with Crippen LogP contribution in [0.25, 0.3) is 0 Å². The fraction of sp³-hybridized carbons (Fsp3) is 0.579. The number of amides is 2.